The second-order valence-corrected chi connectivity index (χ2v) is 15.9. The Morgan fingerprint density at radius 2 is 1.19 bits per heavy atom. The molecule has 0 spiro atoms. The Labute approximate surface area is 189 Å². The summed E-state index contributed by atoms with van der Waals surface area (Å²) in [6, 6.07) is 18.7. The number of pyridine rings is 1. The minimum Gasteiger partial charge on any atom is -0.311 e. The van der Waals surface area contributed by atoms with E-state index in [2.05, 4.69) is 120 Å². The van der Waals surface area contributed by atoms with E-state index in [0.29, 0.717) is 0 Å². The SMILES string of the molecule is Cc1cc(N2c3ccc(C(C)(C)C)cc3[Si](C)(C)c3cc(C(C)(C)C)ccc32)ccn1. The summed E-state index contributed by atoms with van der Waals surface area (Å²) in [6.07, 6.45) is 1.92. The molecule has 0 bridgehead atoms. The standard InChI is InChI=1S/C28H36N2Si/c1-19-16-22(14-15-29-19)30-23-12-10-20(27(2,3)4)17-25(23)31(8,9)26-18-21(28(5,6)7)11-13-24(26)30/h10-18H,1-9H3. The number of aromatic nitrogens is 1. The predicted molar refractivity (Wildman–Crippen MR) is 138 cm³/mol. The first-order valence-corrected chi connectivity index (χ1v) is 14.3. The third-order valence-corrected chi connectivity index (χ3v) is 10.2. The van der Waals surface area contributed by atoms with Crippen LogP contribution >= 0.6 is 0 Å². The van der Waals surface area contributed by atoms with E-state index in [-0.39, 0.29) is 10.8 Å². The predicted octanol–water partition coefficient (Wildman–Crippen LogP) is 6.59. The van der Waals surface area contributed by atoms with Gasteiger partial charge in [-0.25, -0.2) is 0 Å². The molecule has 2 aromatic carbocycles. The molecule has 2 nitrogen and oxygen atoms in total. The normalized spacial score (nSPS) is 15.5. The van der Waals surface area contributed by atoms with Gasteiger partial charge in [0.25, 0.3) is 0 Å². The molecule has 1 aliphatic heterocycles. The van der Waals surface area contributed by atoms with Crippen LogP contribution in [0.1, 0.15) is 58.4 Å². The monoisotopic (exact) mass is 428 g/mol. The summed E-state index contributed by atoms with van der Waals surface area (Å²) >= 11 is 0. The maximum absolute atomic E-state index is 4.45. The molecule has 0 atom stereocenters. The molecular weight excluding hydrogens is 392 g/mol. The van der Waals surface area contributed by atoms with Gasteiger partial charge >= 0.3 is 0 Å². The Hall–Kier alpha value is -2.39. The number of benzene rings is 2. The second kappa shape index (κ2) is 7.06. The summed E-state index contributed by atoms with van der Waals surface area (Å²) in [5, 5.41) is 3.04. The van der Waals surface area contributed by atoms with Gasteiger partial charge in [0.15, 0.2) is 0 Å². The number of fused-ring (bicyclic) bond motifs is 2. The minimum absolute atomic E-state index is 0.130. The van der Waals surface area contributed by atoms with Crippen LogP contribution in [0.3, 0.4) is 0 Å². The first-order chi connectivity index (χ1) is 14.3. The molecule has 4 rings (SSSR count). The van der Waals surface area contributed by atoms with Gasteiger partial charge in [-0.15, -0.1) is 0 Å². The van der Waals surface area contributed by atoms with Gasteiger partial charge in [0.05, 0.1) is 0 Å². The van der Waals surface area contributed by atoms with Crippen molar-refractivity contribution < 1.29 is 0 Å². The highest BCUT2D eigenvalue weighted by Crippen LogP contribution is 2.40. The van der Waals surface area contributed by atoms with Crippen LogP contribution in [-0.2, 0) is 10.8 Å². The van der Waals surface area contributed by atoms with Gasteiger partial charge in [-0.3, -0.25) is 4.98 Å². The maximum Gasteiger partial charge on any atom is 0.117 e. The number of hydrogen-bond donors (Lipinski definition) is 0. The molecule has 0 saturated heterocycles. The van der Waals surface area contributed by atoms with Crippen molar-refractivity contribution in [1.82, 2.24) is 4.98 Å². The third kappa shape index (κ3) is 3.74. The zero-order valence-electron chi connectivity index (χ0n) is 20.6. The molecule has 0 aliphatic carbocycles. The molecule has 2 heterocycles. The molecule has 1 aromatic heterocycles. The summed E-state index contributed by atoms with van der Waals surface area (Å²) in [6.45, 7) is 20.9. The summed E-state index contributed by atoms with van der Waals surface area (Å²) in [5.74, 6) is 0. The highest BCUT2D eigenvalue weighted by Gasteiger charge is 2.40. The average molecular weight is 429 g/mol. The van der Waals surface area contributed by atoms with Gasteiger partial charge in [0.1, 0.15) is 8.07 Å². The summed E-state index contributed by atoms with van der Waals surface area (Å²) < 4.78 is 0. The molecule has 162 valence electrons. The first-order valence-electron chi connectivity index (χ1n) is 11.3. The average Bonchev–Trinajstić information content (AvgIpc) is 2.66. The smallest absolute Gasteiger partial charge is 0.117 e. The molecule has 0 amide bonds. The van der Waals surface area contributed by atoms with Crippen molar-refractivity contribution in [1.29, 1.82) is 0 Å². The van der Waals surface area contributed by atoms with Crippen molar-refractivity contribution in [3.05, 3.63) is 71.5 Å². The third-order valence-electron chi connectivity index (χ3n) is 6.69. The molecule has 0 fully saturated rings. The lowest BCUT2D eigenvalue weighted by molar-refractivity contribution is 0.590. The maximum atomic E-state index is 4.45. The van der Waals surface area contributed by atoms with Gasteiger partial charge < -0.3 is 4.90 Å². The van der Waals surface area contributed by atoms with E-state index in [4.69, 9.17) is 0 Å². The van der Waals surface area contributed by atoms with Crippen molar-refractivity contribution in [3.63, 3.8) is 0 Å². The molecule has 1 aliphatic rings. The topological polar surface area (TPSA) is 16.1 Å². The van der Waals surface area contributed by atoms with Crippen molar-refractivity contribution >= 4 is 35.5 Å². The fraction of sp³-hybridized carbons (Fsp3) is 0.393. The van der Waals surface area contributed by atoms with Crippen LogP contribution in [-0.4, -0.2) is 13.1 Å². The van der Waals surface area contributed by atoms with Crippen LogP contribution in [0.25, 0.3) is 0 Å². The van der Waals surface area contributed by atoms with Crippen molar-refractivity contribution in [2.75, 3.05) is 4.90 Å². The molecule has 31 heavy (non-hydrogen) atoms. The Morgan fingerprint density at radius 1 is 0.710 bits per heavy atom. The van der Waals surface area contributed by atoms with Gasteiger partial charge in [-0.05, 0) is 63.5 Å². The highest BCUT2D eigenvalue weighted by atomic mass is 28.3. The van der Waals surface area contributed by atoms with E-state index in [9.17, 15) is 0 Å². The Morgan fingerprint density at radius 3 is 1.61 bits per heavy atom. The van der Waals surface area contributed by atoms with Gasteiger partial charge in [0, 0.05) is 29.0 Å². The first kappa shape index (κ1) is 21.8. The molecular formula is C28H36N2Si. The fourth-order valence-corrected chi connectivity index (χ4v) is 7.61. The molecule has 0 N–H and O–H groups in total. The van der Waals surface area contributed by atoms with E-state index in [1.165, 1.54) is 38.6 Å². The Bertz CT molecular complexity index is 1080. The molecule has 3 heteroatoms. The number of rotatable bonds is 1. The largest absolute Gasteiger partial charge is 0.311 e. The lowest BCUT2D eigenvalue weighted by atomic mass is 9.86. The number of hydrogen-bond acceptors (Lipinski definition) is 2. The van der Waals surface area contributed by atoms with Crippen LogP contribution in [0.4, 0.5) is 17.1 Å². The van der Waals surface area contributed by atoms with Crippen LogP contribution in [0.5, 0.6) is 0 Å². The van der Waals surface area contributed by atoms with Crippen LogP contribution < -0.4 is 15.3 Å². The lowest BCUT2D eigenvalue weighted by Gasteiger charge is -2.42. The van der Waals surface area contributed by atoms with Gasteiger partial charge in [-0.2, -0.15) is 0 Å². The van der Waals surface area contributed by atoms with Gasteiger partial charge in [0.2, 0.25) is 0 Å². The molecule has 0 radical (unpaired) electrons. The van der Waals surface area contributed by atoms with E-state index < -0.39 is 8.07 Å². The minimum atomic E-state index is -1.90. The van der Waals surface area contributed by atoms with E-state index in [0.717, 1.165) is 5.69 Å². The molecule has 0 unspecified atom stereocenters. The number of aryl methyl sites for hydroxylation is 1. The lowest BCUT2D eigenvalue weighted by Crippen LogP contribution is -2.59. The van der Waals surface area contributed by atoms with Crippen molar-refractivity contribution in [2.24, 2.45) is 0 Å². The number of anilines is 3. The Balaban J connectivity index is 2.05. The molecule has 3 aromatic rings. The van der Waals surface area contributed by atoms with Crippen molar-refractivity contribution in [3.8, 4) is 0 Å². The summed E-state index contributed by atoms with van der Waals surface area (Å²) in [4.78, 5) is 6.90. The van der Waals surface area contributed by atoms with Gasteiger partial charge in [-0.1, -0.05) is 78.9 Å². The summed E-state index contributed by atoms with van der Waals surface area (Å²) in [7, 11) is -1.90. The van der Waals surface area contributed by atoms with E-state index in [1.54, 1.807) is 0 Å². The quantitative estimate of drug-likeness (QED) is 0.406. The number of nitrogens with zero attached hydrogens (tertiary/aromatic N) is 2. The zero-order chi connectivity index (χ0) is 22.8. The van der Waals surface area contributed by atoms with Crippen LogP contribution in [0, 0.1) is 6.92 Å². The summed E-state index contributed by atoms with van der Waals surface area (Å²) in [5.41, 5.74) is 7.96. The fourth-order valence-electron chi connectivity index (χ4n) is 4.62. The van der Waals surface area contributed by atoms with E-state index >= 15 is 0 Å². The molecule has 0 saturated carbocycles. The van der Waals surface area contributed by atoms with E-state index in [1.807, 2.05) is 6.20 Å². The highest BCUT2D eigenvalue weighted by molar-refractivity contribution is 7.02. The van der Waals surface area contributed by atoms with Crippen LogP contribution in [0.2, 0.25) is 13.1 Å². The van der Waals surface area contributed by atoms with Crippen LogP contribution in [0.15, 0.2) is 54.7 Å². The second-order valence-electron chi connectivity index (χ2n) is 11.6. The van der Waals surface area contributed by atoms with Crippen molar-refractivity contribution in [2.45, 2.75) is 72.4 Å². The Kier molecular flexibility index (Phi) is 4.97. The zero-order valence-corrected chi connectivity index (χ0v) is 21.6.